The van der Waals surface area contributed by atoms with Crippen LogP contribution in [-0.4, -0.2) is 347 Å². The molecule has 0 aromatic carbocycles. The van der Waals surface area contributed by atoms with Crippen LogP contribution in [0.2, 0.25) is 0 Å². The van der Waals surface area contributed by atoms with Gasteiger partial charge in [-0.15, -0.1) is 0 Å². The van der Waals surface area contributed by atoms with E-state index in [1.807, 2.05) is 0 Å². The number of rotatable bonds is 65. The van der Waals surface area contributed by atoms with Crippen LogP contribution in [0.5, 0.6) is 0 Å². The molecule has 121 heavy (non-hydrogen) atoms. The third-order valence-corrected chi connectivity index (χ3v) is 23.9. The third kappa shape index (κ3) is 41.0. The van der Waals surface area contributed by atoms with Gasteiger partial charge in [-0.1, -0.05) is 33.6 Å². The fraction of sp³-hybridized carbons (Fsp3) is 0.899. The lowest BCUT2D eigenvalue weighted by atomic mass is 9.92. The molecule has 0 aromatic heterocycles. The minimum absolute atomic E-state index is 0.0104. The summed E-state index contributed by atoms with van der Waals surface area (Å²) in [6.07, 6.45) is -8.56. The zero-order valence-electron chi connectivity index (χ0n) is 71.1. The number of carbonyl (C=O) groups is 8. The van der Waals surface area contributed by atoms with Crippen molar-refractivity contribution >= 4 is 62.3 Å². The Bertz CT molecular complexity index is 2880. The normalized spacial score (nSPS) is 28.9. The van der Waals surface area contributed by atoms with Crippen molar-refractivity contribution in [3.63, 3.8) is 0 Å². The van der Waals surface area contributed by atoms with E-state index in [1.54, 1.807) is 27.7 Å². The summed E-state index contributed by atoms with van der Waals surface area (Å²) in [6, 6.07) is -1.02. The standard InChI is InChI=1S/C78H137N3O36P2.CH4O/c1-50-38-61(117-118(100,101)104-5)65(112-50)46-111-119(102,103)116-60-39-54(42-82)81(41-60)68(93)40-67(92)80-78(47-105-35-28-58(89)22-10-6-8-20-55(86)25-13-17-32-108-75-51(2)69(94)72(97)62(43-83)113-75,48-106-36-29-59(90)23-11-7-9-21-56(87)26-14-18-33-109-76-52(3)70(95)73(98)63(44-84)114-76)49-107-37-30-66(91)79-31-16-12-24-57(88)27-15-19-34-110-77-53(4)71(96)74(99)64(45-85)115-77;1-2/h50-54,60-65,69-77,82-85,94-99H,6-49H2,1-5H3,(H,79,91)(H,80,92)(H,100,101)(H,102,103);2H,1H3/t50-,51?,52?,53?,54-,60+,61?,62?,63?,64?,65+,69+,70+,71+,72-,73-,74-,75+,76+,77+,78?;/m0./s1. The summed E-state index contributed by atoms with van der Waals surface area (Å²) >= 11 is 0. The van der Waals surface area contributed by atoms with Crippen molar-refractivity contribution < 1.29 is 179 Å². The highest BCUT2D eigenvalue weighted by molar-refractivity contribution is 7.47. The van der Waals surface area contributed by atoms with E-state index in [4.69, 9.17) is 66.0 Å². The molecule has 5 aliphatic heterocycles. The zero-order valence-corrected chi connectivity index (χ0v) is 72.9. The highest BCUT2D eigenvalue weighted by Crippen LogP contribution is 2.50. The van der Waals surface area contributed by atoms with Crippen LogP contribution in [0.15, 0.2) is 0 Å². The van der Waals surface area contributed by atoms with Gasteiger partial charge in [0.25, 0.3) is 0 Å². The van der Waals surface area contributed by atoms with E-state index in [2.05, 4.69) is 15.2 Å². The molecule has 5 saturated heterocycles. The van der Waals surface area contributed by atoms with Gasteiger partial charge in [0, 0.05) is 142 Å². The Morgan fingerprint density at radius 1 is 0.438 bits per heavy atom. The van der Waals surface area contributed by atoms with Crippen LogP contribution in [-0.2, 0) is 113 Å². The predicted octanol–water partition coefficient (Wildman–Crippen LogP) is 1.28. The molecule has 0 spiro atoms. The maximum absolute atomic E-state index is 14.4. The Labute approximate surface area is 708 Å². The fourth-order valence-corrected chi connectivity index (χ4v) is 16.1. The number of phosphoric ester groups is 2. The summed E-state index contributed by atoms with van der Waals surface area (Å²) in [5, 5.41) is 113. The second-order valence-electron chi connectivity index (χ2n) is 31.8. The van der Waals surface area contributed by atoms with Crippen molar-refractivity contribution in [1.82, 2.24) is 15.5 Å². The topological polar surface area (TPSA) is 590 Å². The lowest BCUT2D eigenvalue weighted by molar-refractivity contribution is -0.282. The van der Waals surface area contributed by atoms with Gasteiger partial charge in [0.1, 0.15) is 89.7 Å². The average Bonchev–Trinajstić information content (AvgIpc) is 1.40. The number of likely N-dealkylation sites (tertiary alicyclic amines) is 1. The number of amides is 3. The van der Waals surface area contributed by atoms with E-state index in [0.717, 1.165) is 19.1 Å². The second-order valence-corrected chi connectivity index (χ2v) is 34.8. The molecular formula is C79H141N3O37P2. The number of hydrogen-bond acceptors (Lipinski definition) is 35. The number of ketones is 5. The molecule has 22 atom stereocenters. The molecule has 3 amide bonds. The SMILES string of the molecule is CO.COP(=O)(O)OC1C[C@H](C)O[C@@H]1COP(=O)(O)O[C@@H]1C[C@@H](CO)N(C(=O)CC(=O)NC(COCCC(=O)CCCCCC(=O)CCCCO[C@@H]2OC(CO)[C@H](O)[C@H](O)C2C)(COCCC(=O)CCCCCC(=O)CCCCO[C@@H]2OC(CO)[C@H](O)[C@H](O)C2C)COCCC(=O)NCCCCC(=O)CCCCO[C@@H]2OC(CO)[C@H](O)[C@H](O)C2C)C1. The van der Waals surface area contributed by atoms with Crippen LogP contribution in [0, 0.1) is 17.8 Å². The molecule has 5 aliphatic rings. The number of nitrogens with one attached hydrogen (secondary N) is 2. The molecule has 0 aromatic rings. The predicted molar refractivity (Wildman–Crippen MR) is 427 cm³/mol. The van der Waals surface area contributed by atoms with Gasteiger partial charge in [0.15, 0.2) is 18.9 Å². The van der Waals surface area contributed by atoms with Gasteiger partial charge in [-0.2, -0.15) is 0 Å². The molecule has 0 saturated carbocycles. The molecule has 40 nitrogen and oxygen atoms in total. The number of aliphatic hydroxyl groups is 11. The molecule has 15 N–H and O–H groups in total. The fourth-order valence-electron chi connectivity index (χ4n) is 14.5. The van der Waals surface area contributed by atoms with Crippen LogP contribution in [0.3, 0.4) is 0 Å². The van der Waals surface area contributed by atoms with Crippen LogP contribution in [0.25, 0.3) is 0 Å². The third-order valence-electron chi connectivity index (χ3n) is 21.8. The Hall–Kier alpha value is -3.86. The van der Waals surface area contributed by atoms with Crippen molar-refractivity contribution in [2.24, 2.45) is 17.8 Å². The van der Waals surface area contributed by atoms with Gasteiger partial charge in [-0.3, -0.25) is 56.5 Å². The number of phosphoric acid groups is 2. The quantitative estimate of drug-likeness (QED) is 0.0232. The zero-order chi connectivity index (χ0) is 89.7. The number of aliphatic hydroxyl groups excluding tert-OH is 11. The maximum atomic E-state index is 14.4. The lowest BCUT2D eigenvalue weighted by Gasteiger charge is -2.40. The Balaban J connectivity index is 0.0000153. The van der Waals surface area contributed by atoms with E-state index in [1.165, 1.54) is 0 Å². The second kappa shape index (κ2) is 59.3. The van der Waals surface area contributed by atoms with E-state index >= 15 is 0 Å². The first-order valence-electron chi connectivity index (χ1n) is 42.5. The lowest BCUT2D eigenvalue weighted by Crippen LogP contribution is -2.59. The summed E-state index contributed by atoms with van der Waals surface area (Å²) in [7, 11) is -7.53. The van der Waals surface area contributed by atoms with Crippen LogP contribution in [0.4, 0.5) is 0 Å². The molecule has 0 aliphatic carbocycles. The Kier molecular flexibility index (Phi) is 53.6. The first-order valence-corrected chi connectivity index (χ1v) is 45.5. The number of nitrogens with zero attached hydrogens (tertiary/aromatic N) is 1. The van der Waals surface area contributed by atoms with Crippen LogP contribution in [0.1, 0.15) is 207 Å². The molecule has 704 valence electrons. The molecular weight excluding hydrogens is 1640 g/mol. The van der Waals surface area contributed by atoms with Gasteiger partial charge >= 0.3 is 15.6 Å². The minimum Gasteiger partial charge on any atom is -0.400 e. The number of Topliss-reactive ketones (excluding diaryl/α,β-unsaturated/α-hetero) is 5. The number of carbonyl (C=O) groups excluding carboxylic acids is 8. The van der Waals surface area contributed by atoms with Crippen LogP contribution >= 0.6 is 15.6 Å². The van der Waals surface area contributed by atoms with Crippen molar-refractivity contribution in [2.75, 3.05) is 120 Å². The van der Waals surface area contributed by atoms with Gasteiger partial charge in [-0.05, 0) is 90.4 Å². The Morgan fingerprint density at radius 3 is 1.21 bits per heavy atom. The molecule has 42 heteroatoms. The van der Waals surface area contributed by atoms with Gasteiger partial charge in [0.2, 0.25) is 17.7 Å². The first kappa shape index (κ1) is 109. The van der Waals surface area contributed by atoms with Crippen molar-refractivity contribution in [1.29, 1.82) is 0 Å². The van der Waals surface area contributed by atoms with Crippen molar-refractivity contribution in [3.05, 3.63) is 0 Å². The van der Waals surface area contributed by atoms with E-state index in [0.29, 0.717) is 116 Å². The van der Waals surface area contributed by atoms with E-state index in [9.17, 15) is 108 Å². The number of hydrogen-bond donors (Lipinski definition) is 15. The molecule has 5 rings (SSSR count). The highest BCUT2D eigenvalue weighted by atomic mass is 31.2. The van der Waals surface area contributed by atoms with E-state index in [-0.39, 0.29) is 133 Å². The largest absolute Gasteiger partial charge is 0.472 e. The Morgan fingerprint density at radius 2 is 0.818 bits per heavy atom. The molecule has 5 fully saturated rings. The van der Waals surface area contributed by atoms with Gasteiger partial charge < -0.3 is 129 Å². The van der Waals surface area contributed by atoms with Crippen molar-refractivity contribution in [2.45, 2.75) is 317 Å². The van der Waals surface area contributed by atoms with Crippen LogP contribution < -0.4 is 10.6 Å². The summed E-state index contributed by atoms with van der Waals surface area (Å²) < 4.78 is 104. The monoisotopic (exact) mass is 1790 g/mol. The molecule has 0 bridgehead atoms. The molecule has 9 unspecified atom stereocenters. The summed E-state index contributed by atoms with van der Waals surface area (Å²) in [6.45, 7) is 2.51. The number of ether oxygens (including phenoxy) is 10. The van der Waals surface area contributed by atoms with E-state index < -0.39 is 227 Å². The molecule has 5 heterocycles. The van der Waals surface area contributed by atoms with Crippen molar-refractivity contribution in [3.8, 4) is 0 Å². The summed E-state index contributed by atoms with van der Waals surface area (Å²) in [4.78, 5) is 128. The number of unbranched alkanes of at least 4 members (excludes halogenated alkanes) is 8. The maximum Gasteiger partial charge on any atom is 0.472 e. The van der Waals surface area contributed by atoms with Gasteiger partial charge in [-0.25, -0.2) is 9.13 Å². The average molecular weight is 1790 g/mol. The highest BCUT2D eigenvalue weighted by Gasteiger charge is 2.48. The smallest absolute Gasteiger partial charge is 0.400 e. The van der Waals surface area contributed by atoms with Gasteiger partial charge in [0.05, 0.1) is 109 Å². The molecule has 0 radical (unpaired) electrons. The first-order chi connectivity index (χ1) is 57.7. The minimum atomic E-state index is -4.98. The summed E-state index contributed by atoms with van der Waals surface area (Å²) in [5.74, 6) is -4.10. The summed E-state index contributed by atoms with van der Waals surface area (Å²) in [5.41, 5.74) is -1.70.